The summed E-state index contributed by atoms with van der Waals surface area (Å²) < 4.78 is 1.29. The summed E-state index contributed by atoms with van der Waals surface area (Å²) in [6, 6.07) is 1.79. The molecule has 1 unspecified atom stereocenters. The highest BCUT2D eigenvalue weighted by atomic mass is 35.5. The summed E-state index contributed by atoms with van der Waals surface area (Å²) in [6.07, 6.45) is 4.22. The van der Waals surface area contributed by atoms with Crippen molar-refractivity contribution in [2.75, 3.05) is 0 Å². The summed E-state index contributed by atoms with van der Waals surface area (Å²) in [7, 11) is 0. The smallest absolute Gasteiger partial charge is 0.100 e. The van der Waals surface area contributed by atoms with Gasteiger partial charge < -0.3 is 5.11 Å². The van der Waals surface area contributed by atoms with E-state index < -0.39 is 6.10 Å². The summed E-state index contributed by atoms with van der Waals surface area (Å²) in [5.74, 6) is 0.373. The standard InChI is InChI=1S/C10H12Cl2OS/c11-8-5-7(10(12)14-8)9(13)6-3-1-2-4-6/h5-6,9,13H,1-4H2. The fraction of sp³-hybridized carbons (Fsp3) is 0.600. The van der Waals surface area contributed by atoms with Crippen LogP contribution in [0.15, 0.2) is 6.07 Å². The van der Waals surface area contributed by atoms with Crippen LogP contribution in [-0.4, -0.2) is 5.11 Å². The summed E-state index contributed by atoms with van der Waals surface area (Å²) in [5, 5.41) is 10.1. The third kappa shape index (κ3) is 2.08. The van der Waals surface area contributed by atoms with Gasteiger partial charge in [-0.3, -0.25) is 0 Å². The van der Waals surface area contributed by atoms with Crippen LogP contribution in [0, 0.1) is 5.92 Å². The maximum atomic E-state index is 10.1. The molecular formula is C10H12Cl2OS. The first-order valence-corrected chi connectivity index (χ1v) is 6.38. The molecule has 0 saturated heterocycles. The normalized spacial score (nSPS) is 20.2. The number of aliphatic hydroxyl groups excluding tert-OH is 1. The predicted octanol–water partition coefficient (Wildman–Crippen LogP) is 4.28. The van der Waals surface area contributed by atoms with Crippen LogP contribution in [0.5, 0.6) is 0 Å². The lowest BCUT2D eigenvalue weighted by atomic mass is 9.96. The molecule has 1 aliphatic carbocycles. The van der Waals surface area contributed by atoms with Crippen molar-refractivity contribution in [3.63, 3.8) is 0 Å². The maximum absolute atomic E-state index is 10.1. The summed E-state index contributed by atoms with van der Waals surface area (Å²) in [6.45, 7) is 0. The summed E-state index contributed by atoms with van der Waals surface area (Å²) >= 11 is 13.2. The number of aliphatic hydroxyl groups is 1. The van der Waals surface area contributed by atoms with Gasteiger partial charge in [-0.2, -0.15) is 0 Å². The molecule has 78 valence electrons. The van der Waals surface area contributed by atoms with Crippen molar-refractivity contribution in [2.24, 2.45) is 5.92 Å². The molecule has 4 heteroatoms. The first kappa shape index (κ1) is 10.7. The van der Waals surface area contributed by atoms with E-state index in [-0.39, 0.29) is 0 Å². The molecule has 1 fully saturated rings. The Kier molecular flexibility index (Phi) is 3.38. The molecule has 0 radical (unpaired) electrons. The molecule has 2 rings (SSSR count). The Bertz CT molecular complexity index is 318. The second-order valence-corrected chi connectivity index (χ2v) is 6.05. The van der Waals surface area contributed by atoms with Crippen LogP contribution in [0.2, 0.25) is 8.67 Å². The van der Waals surface area contributed by atoms with E-state index in [9.17, 15) is 5.11 Å². The molecule has 14 heavy (non-hydrogen) atoms. The van der Waals surface area contributed by atoms with Gasteiger partial charge in [0.05, 0.1) is 10.4 Å². The third-order valence-electron chi connectivity index (χ3n) is 2.85. The van der Waals surface area contributed by atoms with Crippen molar-refractivity contribution in [3.05, 3.63) is 20.3 Å². The first-order valence-electron chi connectivity index (χ1n) is 4.81. The molecule has 1 saturated carbocycles. The van der Waals surface area contributed by atoms with Gasteiger partial charge in [0.15, 0.2) is 0 Å². The lowest BCUT2D eigenvalue weighted by Gasteiger charge is -2.16. The lowest BCUT2D eigenvalue weighted by molar-refractivity contribution is 0.112. The first-order chi connectivity index (χ1) is 6.68. The number of hydrogen-bond donors (Lipinski definition) is 1. The van der Waals surface area contributed by atoms with E-state index in [0.29, 0.717) is 14.6 Å². The Labute approximate surface area is 97.7 Å². The highest BCUT2D eigenvalue weighted by molar-refractivity contribution is 7.20. The minimum Gasteiger partial charge on any atom is -0.388 e. The SMILES string of the molecule is OC(c1cc(Cl)sc1Cl)C1CCCC1. The van der Waals surface area contributed by atoms with Crippen LogP contribution in [0.3, 0.4) is 0 Å². The molecule has 1 atom stereocenters. The van der Waals surface area contributed by atoms with Gasteiger partial charge in [0, 0.05) is 5.56 Å². The largest absolute Gasteiger partial charge is 0.388 e. The van der Waals surface area contributed by atoms with Crippen molar-refractivity contribution in [1.82, 2.24) is 0 Å². The number of rotatable bonds is 2. The van der Waals surface area contributed by atoms with Crippen LogP contribution in [0.4, 0.5) is 0 Å². The Morgan fingerprint density at radius 3 is 2.50 bits per heavy atom. The van der Waals surface area contributed by atoms with Gasteiger partial charge in [-0.05, 0) is 24.8 Å². The monoisotopic (exact) mass is 250 g/mol. The van der Waals surface area contributed by atoms with E-state index in [1.54, 1.807) is 6.07 Å². The predicted molar refractivity (Wildman–Crippen MR) is 61.3 cm³/mol. The highest BCUT2D eigenvalue weighted by Gasteiger charge is 2.26. The summed E-state index contributed by atoms with van der Waals surface area (Å²) in [5.41, 5.74) is 0.813. The molecule has 1 aliphatic rings. The van der Waals surface area contributed by atoms with E-state index in [0.717, 1.165) is 18.4 Å². The minimum atomic E-state index is -0.422. The van der Waals surface area contributed by atoms with Gasteiger partial charge in [0.25, 0.3) is 0 Å². The van der Waals surface area contributed by atoms with Crippen molar-refractivity contribution in [1.29, 1.82) is 0 Å². The van der Waals surface area contributed by atoms with Crippen LogP contribution in [-0.2, 0) is 0 Å². The molecule has 0 aliphatic heterocycles. The molecule has 0 amide bonds. The molecule has 0 aromatic carbocycles. The number of thiophene rings is 1. The zero-order valence-corrected chi connectivity index (χ0v) is 10.0. The van der Waals surface area contributed by atoms with Crippen LogP contribution >= 0.6 is 34.5 Å². The molecule has 1 heterocycles. The number of hydrogen-bond acceptors (Lipinski definition) is 2. The highest BCUT2D eigenvalue weighted by Crippen LogP contribution is 2.42. The summed E-state index contributed by atoms with van der Waals surface area (Å²) in [4.78, 5) is 0. The molecule has 1 nitrogen and oxygen atoms in total. The Balaban J connectivity index is 2.17. The topological polar surface area (TPSA) is 20.2 Å². The molecule has 1 N–H and O–H groups in total. The molecule has 1 aromatic heterocycles. The van der Waals surface area contributed by atoms with E-state index in [2.05, 4.69) is 0 Å². The third-order valence-corrected chi connectivity index (χ3v) is 4.37. The maximum Gasteiger partial charge on any atom is 0.100 e. The van der Waals surface area contributed by atoms with Crippen molar-refractivity contribution < 1.29 is 5.11 Å². The van der Waals surface area contributed by atoms with E-state index in [1.807, 2.05) is 0 Å². The zero-order valence-electron chi connectivity index (χ0n) is 7.67. The van der Waals surface area contributed by atoms with Gasteiger partial charge >= 0.3 is 0 Å². The second kappa shape index (κ2) is 4.40. The van der Waals surface area contributed by atoms with Gasteiger partial charge in [0.1, 0.15) is 4.34 Å². The Morgan fingerprint density at radius 1 is 1.36 bits per heavy atom. The average Bonchev–Trinajstić information content (AvgIpc) is 2.73. The quantitative estimate of drug-likeness (QED) is 0.831. The van der Waals surface area contributed by atoms with Crippen LogP contribution in [0.25, 0.3) is 0 Å². The Morgan fingerprint density at radius 2 is 2.00 bits per heavy atom. The molecular weight excluding hydrogens is 239 g/mol. The fourth-order valence-electron chi connectivity index (χ4n) is 2.08. The number of halogens is 2. The second-order valence-electron chi connectivity index (χ2n) is 3.77. The van der Waals surface area contributed by atoms with Gasteiger partial charge in [-0.25, -0.2) is 0 Å². The van der Waals surface area contributed by atoms with Crippen molar-refractivity contribution in [3.8, 4) is 0 Å². The zero-order chi connectivity index (χ0) is 10.1. The van der Waals surface area contributed by atoms with E-state index in [4.69, 9.17) is 23.2 Å². The van der Waals surface area contributed by atoms with E-state index in [1.165, 1.54) is 24.2 Å². The lowest BCUT2D eigenvalue weighted by Crippen LogP contribution is -2.08. The molecule has 0 spiro atoms. The molecule has 1 aromatic rings. The van der Waals surface area contributed by atoms with Crippen molar-refractivity contribution >= 4 is 34.5 Å². The van der Waals surface area contributed by atoms with Crippen LogP contribution < -0.4 is 0 Å². The Hall–Kier alpha value is 0.240. The van der Waals surface area contributed by atoms with Gasteiger partial charge in [-0.1, -0.05) is 36.0 Å². The van der Waals surface area contributed by atoms with Crippen molar-refractivity contribution in [2.45, 2.75) is 31.8 Å². The molecule has 0 bridgehead atoms. The minimum absolute atomic E-state index is 0.373. The van der Waals surface area contributed by atoms with Crippen LogP contribution in [0.1, 0.15) is 37.4 Å². The van der Waals surface area contributed by atoms with Gasteiger partial charge in [-0.15, -0.1) is 11.3 Å². The van der Waals surface area contributed by atoms with E-state index >= 15 is 0 Å². The fourth-order valence-corrected chi connectivity index (χ4v) is 3.62. The van der Waals surface area contributed by atoms with Gasteiger partial charge in [0.2, 0.25) is 0 Å². The average molecular weight is 251 g/mol.